The van der Waals surface area contributed by atoms with Crippen molar-refractivity contribution < 1.29 is 0 Å². The normalized spacial score (nSPS) is 10.7. The fourth-order valence-electron chi connectivity index (χ4n) is 2.42. The molecule has 4 nitrogen and oxygen atoms in total. The molecule has 0 atom stereocenters. The van der Waals surface area contributed by atoms with Crippen LogP contribution >= 0.6 is 0 Å². The van der Waals surface area contributed by atoms with Gasteiger partial charge in [-0.2, -0.15) is 0 Å². The highest BCUT2D eigenvalue weighted by atomic mass is 15.0. The molecular weight excluding hydrogens is 272 g/mol. The van der Waals surface area contributed by atoms with E-state index in [4.69, 9.17) is 4.98 Å². The second-order valence-corrected chi connectivity index (χ2v) is 5.00. The minimum atomic E-state index is 0.752. The molecule has 0 aliphatic carbocycles. The van der Waals surface area contributed by atoms with Crippen LogP contribution < -0.4 is 5.32 Å². The average Bonchev–Trinajstić information content (AvgIpc) is 3.02. The number of para-hydroxylation sites is 1. The lowest BCUT2D eigenvalue weighted by atomic mass is 10.2. The monoisotopic (exact) mass is 286 g/mol. The van der Waals surface area contributed by atoms with E-state index < -0.39 is 0 Å². The molecule has 0 saturated heterocycles. The van der Waals surface area contributed by atoms with Gasteiger partial charge in [0.25, 0.3) is 0 Å². The van der Waals surface area contributed by atoms with Gasteiger partial charge < -0.3 is 10.3 Å². The molecule has 0 aliphatic heterocycles. The maximum atomic E-state index is 4.70. The molecule has 0 aliphatic rings. The number of pyridine rings is 1. The maximum Gasteiger partial charge on any atom is 0.158 e. The number of benzene rings is 2. The Balaban J connectivity index is 1.78. The molecule has 0 bridgehead atoms. The molecule has 2 aromatic heterocycles. The van der Waals surface area contributed by atoms with Gasteiger partial charge in [0.1, 0.15) is 11.3 Å². The zero-order valence-corrected chi connectivity index (χ0v) is 11.8. The molecule has 0 amide bonds. The highest BCUT2D eigenvalue weighted by molar-refractivity contribution is 5.89. The molecule has 0 unspecified atom stereocenters. The van der Waals surface area contributed by atoms with Crippen LogP contribution in [0.25, 0.3) is 22.4 Å². The predicted molar refractivity (Wildman–Crippen MR) is 89.0 cm³/mol. The Morgan fingerprint density at radius 3 is 2.32 bits per heavy atom. The smallest absolute Gasteiger partial charge is 0.158 e. The first-order chi connectivity index (χ1) is 10.9. The molecule has 4 heteroatoms. The summed E-state index contributed by atoms with van der Waals surface area (Å²) in [6.07, 6.45) is 1.78. The number of hydrogen-bond donors (Lipinski definition) is 2. The Hall–Kier alpha value is -3.14. The van der Waals surface area contributed by atoms with E-state index in [9.17, 15) is 0 Å². The number of H-pyrrole nitrogens is 1. The van der Waals surface area contributed by atoms with E-state index in [2.05, 4.69) is 15.3 Å². The second-order valence-electron chi connectivity index (χ2n) is 5.00. The van der Waals surface area contributed by atoms with E-state index in [1.54, 1.807) is 6.20 Å². The SMILES string of the molecule is c1ccc(Nc2nccc3[nH]c(-c4ccccc4)nc23)cc1. The van der Waals surface area contributed by atoms with Crippen molar-refractivity contribution in [2.45, 2.75) is 0 Å². The molecule has 0 fully saturated rings. The molecule has 2 N–H and O–H groups in total. The van der Waals surface area contributed by atoms with Crippen LogP contribution in [0, 0.1) is 0 Å². The molecule has 2 aromatic carbocycles. The van der Waals surface area contributed by atoms with Crippen LogP contribution in [0.5, 0.6) is 0 Å². The number of aromatic amines is 1. The van der Waals surface area contributed by atoms with Crippen molar-refractivity contribution in [2.24, 2.45) is 0 Å². The van der Waals surface area contributed by atoms with Crippen LogP contribution in [0.3, 0.4) is 0 Å². The number of rotatable bonds is 3. The van der Waals surface area contributed by atoms with Gasteiger partial charge in [0.2, 0.25) is 0 Å². The number of nitrogens with zero attached hydrogens (tertiary/aromatic N) is 2. The first kappa shape index (κ1) is 12.6. The zero-order chi connectivity index (χ0) is 14.8. The van der Waals surface area contributed by atoms with Crippen LogP contribution in [0.2, 0.25) is 0 Å². The molecule has 0 spiro atoms. The predicted octanol–water partition coefficient (Wildman–Crippen LogP) is 4.37. The average molecular weight is 286 g/mol. The summed E-state index contributed by atoms with van der Waals surface area (Å²) in [7, 11) is 0. The van der Waals surface area contributed by atoms with E-state index in [0.29, 0.717) is 0 Å². The van der Waals surface area contributed by atoms with Crippen LogP contribution in [0.4, 0.5) is 11.5 Å². The summed E-state index contributed by atoms with van der Waals surface area (Å²) in [6.45, 7) is 0. The van der Waals surface area contributed by atoms with Crippen LogP contribution in [-0.2, 0) is 0 Å². The summed E-state index contributed by atoms with van der Waals surface area (Å²) in [5.41, 5.74) is 3.86. The lowest BCUT2D eigenvalue weighted by Gasteiger charge is -2.05. The summed E-state index contributed by atoms with van der Waals surface area (Å²) < 4.78 is 0. The van der Waals surface area contributed by atoms with Crippen molar-refractivity contribution in [3.05, 3.63) is 72.9 Å². The topological polar surface area (TPSA) is 53.6 Å². The van der Waals surface area contributed by atoms with Gasteiger partial charge in [-0.1, -0.05) is 48.5 Å². The number of hydrogen-bond acceptors (Lipinski definition) is 3. The Labute approximate surface area is 127 Å². The zero-order valence-electron chi connectivity index (χ0n) is 11.8. The minimum absolute atomic E-state index is 0.752. The standard InChI is InChI=1S/C18H14N4/c1-3-7-13(8-4-1)17-21-15-11-12-19-18(16(15)22-17)20-14-9-5-2-6-10-14/h1-12H,(H,19,20)(H,21,22). The van der Waals surface area contributed by atoms with Crippen molar-refractivity contribution in [1.29, 1.82) is 0 Å². The number of imidazole rings is 1. The number of nitrogens with one attached hydrogen (secondary N) is 2. The van der Waals surface area contributed by atoms with E-state index in [0.717, 1.165) is 33.9 Å². The Kier molecular flexibility index (Phi) is 3.05. The maximum absolute atomic E-state index is 4.70. The van der Waals surface area contributed by atoms with Crippen molar-refractivity contribution >= 4 is 22.5 Å². The van der Waals surface area contributed by atoms with E-state index in [-0.39, 0.29) is 0 Å². The summed E-state index contributed by atoms with van der Waals surface area (Å²) in [5.74, 6) is 1.60. The van der Waals surface area contributed by atoms with Gasteiger partial charge in [-0.3, -0.25) is 0 Å². The third-order valence-corrected chi connectivity index (χ3v) is 3.48. The lowest BCUT2D eigenvalue weighted by Crippen LogP contribution is -1.93. The summed E-state index contributed by atoms with van der Waals surface area (Å²) in [6, 6.07) is 22.0. The van der Waals surface area contributed by atoms with Crippen LogP contribution in [-0.4, -0.2) is 15.0 Å². The van der Waals surface area contributed by atoms with E-state index in [1.165, 1.54) is 0 Å². The molecular formula is C18H14N4. The highest BCUT2D eigenvalue weighted by Gasteiger charge is 2.09. The van der Waals surface area contributed by atoms with Crippen molar-refractivity contribution in [2.75, 3.05) is 5.32 Å². The summed E-state index contributed by atoms with van der Waals surface area (Å²) >= 11 is 0. The summed E-state index contributed by atoms with van der Waals surface area (Å²) in [5, 5.41) is 3.32. The highest BCUT2D eigenvalue weighted by Crippen LogP contribution is 2.25. The molecule has 106 valence electrons. The summed E-state index contributed by atoms with van der Waals surface area (Å²) in [4.78, 5) is 12.5. The molecule has 22 heavy (non-hydrogen) atoms. The Bertz CT molecular complexity index is 898. The van der Waals surface area contributed by atoms with E-state index >= 15 is 0 Å². The van der Waals surface area contributed by atoms with E-state index in [1.807, 2.05) is 66.7 Å². The van der Waals surface area contributed by atoms with Gasteiger partial charge in [0.15, 0.2) is 5.82 Å². The number of anilines is 2. The van der Waals surface area contributed by atoms with Gasteiger partial charge in [-0.25, -0.2) is 9.97 Å². The second kappa shape index (κ2) is 5.33. The first-order valence-corrected chi connectivity index (χ1v) is 7.12. The van der Waals surface area contributed by atoms with Crippen molar-refractivity contribution in [1.82, 2.24) is 15.0 Å². The number of fused-ring (bicyclic) bond motifs is 1. The van der Waals surface area contributed by atoms with Gasteiger partial charge >= 0.3 is 0 Å². The third-order valence-electron chi connectivity index (χ3n) is 3.48. The van der Waals surface area contributed by atoms with Gasteiger partial charge in [-0.05, 0) is 18.2 Å². The quantitative estimate of drug-likeness (QED) is 0.588. The third kappa shape index (κ3) is 2.31. The van der Waals surface area contributed by atoms with Gasteiger partial charge in [0, 0.05) is 17.4 Å². The molecule has 4 rings (SSSR count). The van der Waals surface area contributed by atoms with Crippen LogP contribution in [0.15, 0.2) is 72.9 Å². The fraction of sp³-hybridized carbons (Fsp3) is 0. The Morgan fingerprint density at radius 1 is 0.818 bits per heavy atom. The van der Waals surface area contributed by atoms with Crippen molar-refractivity contribution in [3.63, 3.8) is 0 Å². The molecule has 4 aromatic rings. The minimum Gasteiger partial charge on any atom is -0.338 e. The largest absolute Gasteiger partial charge is 0.338 e. The first-order valence-electron chi connectivity index (χ1n) is 7.12. The number of aromatic nitrogens is 3. The lowest BCUT2D eigenvalue weighted by molar-refractivity contribution is 1.31. The Morgan fingerprint density at radius 2 is 1.55 bits per heavy atom. The molecule has 0 saturated carbocycles. The van der Waals surface area contributed by atoms with Crippen molar-refractivity contribution in [3.8, 4) is 11.4 Å². The molecule has 0 radical (unpaired) electrons. The van der Waals surface area contributed by atoms with Gasteiger partial charge in [0.05, 0.1) is 5.52 Å². The van der Waals surface area contributed by atoms with Crippen LogP contribution in [0.1, 0.15) is 0 Å². The van der Waals surface area contributed by atoms with Gasteiger partial charge in [-0.15, -0.1) is 0 Å². The fourth-order valence-corrected chi connectivity index (χ4v) is 2.42. The molecule has 2 heterocycles.